The van der Waals surface area contributed by atoms with Gasteiger partial charge in [-0.05, 0) is 48.2 Å². The number of aromatic amines is 1. The zero-order valence-corrected chi connectivity index (χ0v) is 15.3. The molecule has 1 aromatic heterocycles. The molecule has 0 unspecified atom stereocenters. The van der Waals surface area contributed by atoms with Gasteiger partial charge < -0.3 is 15.2 Å². The van der Waals surface area contributed by atoms with Crippen LogP contribution in [-0.2, 0) is 0 Å². The molecule has 0 bridgehead atoms. The first-order valence-corrected chi connectivity index (χ1v) is 8.45. The Balaban J connectivity index is 1.88. The van der Waals surface area contributed by atoms with Crippen molar-refractivity contribution < 1.29 is 13.6 Å². The Labute approximate surface area is 158 Å². The molecule has 5 nitrogen and oxygen atoms in total. The predicted molar refractivity (Wildman–Crippen MR) is 101 cm³/mol. The molecule has 1 atom stereocenters. The van der Waals surface area contributed by atoms with Gasteiger partial charge in [-0.1, -0.05) is 17.7 Å². The highest BCUT2D eigenvalue weighted by atomic mass is 35.5. The van der Waals surface area contributed by atoms with Crippen molar-refractivity contribution in [3.63, 3.8) is 0 Å². The van der Waals surface area contributed by atoms with Crippen molar-refractivity contribution >= 4 is 34.1 Å². The number of hydrogen-bond donors (Lipinski definition) is 2. The van der Waals surface area contributed by atoms with Crippen LogP contribution in [0.3, 0.4) is 0 Å². The highest BCUT2D eigenvalue weighted by molar-refractivity contribution is 6.31. The van der Waals surface area contributed by atoms with Gasteiger partial charge in [0.2, 0.25) is 0 Å². The van der Waals surface area contributed by atoms with Crippen molar-refractivity contribution in [2.75, 3.05) is 12.4 Å². The predicted octanol–water partition coefficient (Wildman–Crippen LogP) is 4.68. The third kappa shape index (κ3) is 3.78. The van der Waals surface area contributed by atoms with Gasteiger partial charge >= 0.3 is 6.03 Å². The Morgan fingerprint density at radius 2 is 1.93 bits per heavy atom. The first-order chi connectivity index (χ1) is 12.8. The molecule has 0 radical (unpaired) electrons. The Kier molecular flexibility index (Phi) is 5.14. The molecule has 3 rings (SSSR count). The molecule has 0 aliphatic heterocycles. The molecular formula is C19H16ClF2N3O2. The first-order valence-electron chi connectivity index (χ1n) is 8.07. The number of urea groups is 1. The second-order valence-corrected chi connectivity index (χ2v) is 6.52. The van der Waals surface area contributed by atoms with Crippen LogP contribution in [0.25, 0.3) is 10.8 Å². The lowest BCUT2D eigenvalue weighted by Gasteiger charge is -2.26. The van der Waals surface area contributed by atoms with Gasteiger partial charge in [0.1, 0.15) is 11.6 Å². The SMILES string of the molecule is C[C@@H](c1c[nH]c(=O)c2cc(F)ccc12)N(C)C(=O)Nc1ccc(F)c(Cl)c1. The molecule has 0 saturated carbocycles. The highest BCUT2D eigenvalue weighted by Crippen LogP contribution is 2.26. The lowest BCUT2D eigenvalue weighted by Crippen LogP contribution is -2.34. The van der Waals surface area contributed by atoms with Crippen LogP contribution in [0.5, 0.6) is 0 Å². The zero-order valence-electron chi connectivity index (χ0n) is 14.5. The van der Waals surface area contributed by atoms with Crippen LogP contribution >= 0.6 is 11.6 Å². The van der Waals surface area contributed by atoms with E-state index in [-0.39, 0.29) is 10.4 Å². The van der Waals surface area contributed by atoms with Crippen LogP contribution in [0.1, 0.15) is 18.5 Å². The van der Waals surface area contributed by atoms with Crippen LogP contribution < -0.4 is 10.9 Å². The first kappa shape index (κ1) is 18.8. The second-order valence-electron chi connectivity index (χ2n) is 6.11. The van der Waals surface area contributed by atoms with Crippen LogP contribution in [0, 0.1) is 11.6 Å². The van der Waals surface area contributed by atoms with E-state index in [1.54, 1.807) is 14.0 Å². The maximum atomic E-state index is 13.5. The normalized spacial score (nSPS) is 12.0. The topological polar surface area (TPSA) is 65.2 Å². The smallest absolute Gasteiger partial charge is 0.322 e. The Bertz CT molecular complexity index is 1080. The number of hydrogen-bond acceptors (Lipinski definition) is 2. The number of aromatic nitrogens is 1. The van der Waals surface area contributed by atoms with E-state index in [4.69, 9.17) is 11.6 Å². The van der Waals surface area contributed by atoms with Gasteiger partial charge in [-0.25, -0.2) is 13.6 Å². The van der Waals surface area contributed by atoms with Crippen LogP contribution in [0.4, 0.5) is 19.3 Å². The number of nitrogens with zero attached hydrogens (tertiary/aromatic N) is 1. The standard InChI is InChI=1S/C19H16ClF2N3O2/c1-10(15-9-23-18(26)14-7-11(21)3-5-13(14)15)25(2)19(27)24-12-4-6-17(22)16(20)8-12/h3-10H,1-2H3,(H,23,26)(H,24,27)/t10-/m0/s1. The molecular weight excluding hydrogens is 376 g/mol. The Morgan fingerprint density at radius 3 is 2.63 bits per heavy atom. The van der Waals surface area contributed by atoms with E-state index in [9.17, 15) is 18.4 Å². The van der Waals surface area contributed by atoms with E-state index in [0.29, 0.717) is 16.6 Å². The van der Waals surface area contributed by atoms with Crippen LogP contribution in [-0.4, -0.2) is 23.0 Å². The number of nitrogens with one attached hydrogen (secondary N) is 2. The number of anilines is 1. The molecule has 0 aliphatic carbocycles. The average molecular weight is 392 g/mol. The second kappa shape index (κ2) is 7.36. The lowest BCUT2D eigenvalue weighted by molar-refractivity contribution is 0.208. The minimum Gasteiger partial charge on any atom is -0.328 e. The van der Waals surface area contributed by atoms with E-state index < -0.39 is 29.3 Å². The van der Waals surface area contributed by atoms with Gasteiger partial charge in [-0.3, -0.25) is 4.79 Å². The largest absolute Gasteiger partial charge is 0.328 e. The van der Waals surface area contributed by atoms with Crippen LogP contribution in [0.2, 0.25) is 5.02 Å². The number of rotatable bonds is 3. The fourth-order valence-corrected chi connectivity index (χ4v) is 2.95. The molecule has 0 spiro atoms. The monoisotopic (exact) mass is 391 g/mol. The molecule has 2 N–H and O–H groups in total. The van der Waals surface area contributed by atoms with Crippen molar-refractivity contribution in [1.82, 2.24) is 9.88 Å². The van der Waals surface area contributed by atoms with Crippen molar-refractivity contribution in [3.8, 4) is 0 Å². The molecule has 1 heterocycles. The van der Waals surface area contributed by atoms with Gasteiger partial charge in [-0.2, -0.15) is 0 Å². The number of halogens is 3. The van der Waals surface area contributed by atoms with E-state index in [1.807, 2.05) is 0 Å². The van der Waals surface area contributed by atoms with Crippen molar-refractivity contribution in [2.45, 2.75) is 13.0 Å². The molecule has 2 aromatic carbocycles. The van der Waals surface area contributed by atoms with Crippen molar-refractivity contribution in [1.29, 1.82) is 0 Å². The van der Waals surface area contributed by atoms with Gasteiger partial charge in [0.25, 0.3) is 5.56 Å². The van der Waals surface area contributed by atoms with Crippen molar-refractivity contribution in [2.24, 2.45) is 0 Å². The maximum absolute atomic E-state index is 13.5. The Hall–Kier alpha value is -2.93. The quantitative estimate of drug-likeness (QED) is 0.680. The summed E-state index contributed by atoms with van der Waals surface area (Å²) in [6.07, 6.45) is 1.51. The molecule has 8 heteroatoms. The molecule has 0 saturated heterocycles. The molecule has 2 amide bonds. The summed E-state index contributed by atoms with van der Waals surface area (Å²) in [5.41, 5.74) is 0.590. The fraction of sp³-hybridized carbons (Fsp3) is 0.158. The Morgan fingerprint density at radius 1 is 1.19 bits per heavy atom. The highest BCUT2D eigenvalue weighted by Gasteiger charge is 2.20. The van der Waals surface area contributed by atoms with E-state index >= 15 is 0 Å². The van der Waals surface area contributed by atoms with E-state index in [2.05, 4.69) is 10.3 Å². The van der Waals surface area contributed by atoms with Gasteiger partial charge in [0, 0.05) is 18.9 Å². The summed E-state index contributed by atoms with van der Waals surface area (Å²) in [5.74, 6) is -1.10. The summed E-state index contributed by atoms with van der Waals surface area (Å²) in [6.45, 7) is 1.77. The summed E-state index contributed by atoms with van der Waals surface area (Å²) < 4.78 is 26.7. The minimum absolute atomic E-state index is 0.0999. The summed E-state index contributed by atoms with van der Waals surface area (Å²) >= 11 is 5.72. The minimum atomic E-state index is -0.580. The summed E-state index contributed by atoms with van der Waals surface area (Å²) in [5, 5.41) is 3.29. The number of pyridine rings is 1. The number of H-pyrrole nitrogens is 1. The van der Waals surface area contributed by atoms with Gasteiger partial charge in [0.05, 0.1) is 16.5 Å². The number of benzene rings is 2. The molecule has 0 fully saturated rings. The molecule has 3 aromatic rings. The summed E-state index contributed by atoms with van der Waals surface area (Å²) in [4.78, 5) is 28.5. The van der Waals surface area contributed by atoms with Gasteiger partial charge in [0.15, 0.2) is 0 Å². The van der Waals surface area contributed by atoms with E-state index in [0.717, 1.165) is 12.1 Å². The van der Waals surface area contributed by atoms with Gasteiger partial charge in [-0.15, -0.1) is 0 Å². The molecule has 0 aliphatic rings. The summed E-state index contributed by atoms with van der Waals surface area (Å²) in [6, 6.07) is 6.91. The average Bonchev–Trinajstić information content (AvgIpc) is 2.64. The van der Waals surface area contributed by atoms with Crippen molar-refractivity contribution in [3.05, 3.63) is 75.2 Å². The zero-order chi connectivity index (χ0) is 19.7. The molecule has 27 heavy (non-hydrogen) atoms. The number of carbonyl (C=O) groups excluding carboxylic acids is 1. The number of fused-ring (bicyclic) bond motifs is 1. The lowest BCUT2D eigenvalue weighted by atomic mass is 10.0. The third-order valence-corrected chi connectivity index (χ3v) is 4.71. The van der Waals surface area contributed by atoms with E-state index in [1.165, 1.54) is 35.4 Å². The number of carbonyl (C=O) groups is 1. The van der Waals surface area contributed by atoms with Crippen LogP contribution in [0.15, 0.2) is 47.4 Å². The third-order valence-electron chi connectivity index (χ3n) is 4.42. The molecule has 140 valence electrons. The maximum Gasteiger partial charge on any atom is 0.322 e. The summed E-state index contributed by atoms with van der Waals surface area (Å²) in [7, 11) is 1.57. The number of amides is 2. The fourth-order valence-electron chi connectivity index (χ4n) is 2.77.